The van der Waals surface area contributed by atoms with Gasteiger partial charge in [-0.25, -0.2) is 4.68 Å². The third-order valence-electron chi connectivity index (χ3n) is 1.65. The highest BCUT2D eigenvalue weighted by atomic mass is 16.3. The molecule has 62 valence electrons. The van der Waals surface area contributed by atoms with Crippen molar-refractivity contribution >= 4 is 5.69 Å². The predicted molar refractivity (Wildman–Crippen MR) is 45.0 cm³/mol. The normalized spacial score (nSPS) is 10.4. The first-order chi connectivity index (χ1) is 5.77. The number of nitrogen functional groups attached to an aromatic ring is 1. The van der Waals surface area contributed by atoms with Gasteiger partial charge in [-0.3, -0.25) is 0 Å². The summed E-state index contributed by atoms with van der Waals surface area (Å²) in [6.07, 6.45) is 3.21. The fraction of sp³-hybridized carbons (Fsp3) is 0.125. The van der Waals surface area contributed by atoms with Crippen molar-refractivity contribution < 1.29 is 4.42 Å². The average Bonchev–Trinajstić information content (AvgIpc) is 2.58. The van der Waals surface area contributed by atoms with Crippen molar-refractivity contribution in [2.45, 2.75) is 6.92 Å². The van der Waals surface area contributed by atoms with E-state index in [0.29, 0.717) is 11.6 Å². The zero-order valence-electron chi connectivity index (χ0n) is 6.69. The van der Waals surface area contributed by atoms with Crippen LogP contribution in [0.15, 0.2) is 29.0 Å². The molecule has 0 bridgehead atoms. The molecular weight excluding hydrogens is 154 g/mol. The number of hydrogen-bond acceptors (Lipinski definition) is 3. The maximum Gasteiger partial charge on any atom is 0.222 e. The summed E-state index contributed by atoms with van der Waals surface area (Å²) in [4.78, 5) is 0. The van der Waals surface area contributed by atoms with Crippen LogP contribution in [-0.2, 0) is 0 Å². The van der Waals surface area contributed by atoms with Gasteiger partial charge in [0.25, 0.3) is 0 Å². The highest BCUT2D eigenvalue weighted by molar-refractivity contribution is 5.40. The van der Waals surface area contributed by atoms with Crippen molar-refractivity contribution in [1.29, 1.82) is 0 Å². The van der Waals surface area contributed by atoms with Crippen LogP contribution in [0.5, 0.6) is 0 Å². The van der Waals surface area contributed by atoms with E-state index < -0.39 is 0 Å². The molecule has 0 saturated carbocycles. The molecule has 0 aliphatic heterocycles. The van der Waals surface area contributed by atoms with Crippen LogP contribution in [0.1, 0.15) is 5.69 Å². The summed E-state index contributed by atoms with van der Waals surface area (Å²) in [7, 11) is 0. The van der Waals surface area contributed by atoms with Gasteiger partial charge in [-0.05, 0) is 13.0 Å². The molecule has 2 heterocycles. The minimum Gasteiger partial charge on any atom is -0.444 e. The zero-order valence-corrected chi connectivity index (χ0v) is 6.69. The van der Waals surface area contributed by atoms with E-state index in [-0.39, 0.29) is 0 Å². The van der Waals surface area contributed by atoms with Gasteiger partial charge in [0.2, 0.25) is 5.88 Å². The van der Waals surface area contributed by atoms with Crippen LogP contribution in [-0.4, -0.2) is 9.78 Å². The number of nitrogens with two attached hydrogens (primary N) is 1. The number of anilines is 1. The fourth-order valence-electron chi connectivity index (χ4n) is 1.05. The van der Waals surface area contributed by atoms with Gasteiger partial charge in [-0.15, -0.1) is 0 Å². The van der Waals surface area contributed by atoms with Gasteiger partial charge in [0, 0.05) is 18.0 Å². The lowest BCUT2D eigenvalue weighted by atomic mass is 10.5. The Morgan fingerprint density at radius 3 is 2.92 bits per heavy atom. The van der Waals surface area contributed by atoms with Crippen LogP contribution in [0.25, 0.3) is 5.88 Å². The molecule has 0 aliphatic carbocycles. The Kier molecular flexibility index (Phi) is 1.40. The number of aromatic nitrogens is 2. The van der Waals surface area contributed by atoms with Crippen LogP contribution in [0, 0.1) is 6.92 Å². The van der Waals surface area contributed by atoms with Crippen molar-refractivity contribution in [3.63, 3.8) is 0 Å². The molecule has 0 aromatic carbocycles. The van der Waals surface area contributed by atoms with Gasteiger partial charge < -0.3 is 10.2 Å². The van der Waals surface area contributed by atoms with E-state index in [2.05, 4.69) is 5.10 Å². The van der Waals surface area contributed by atoms with Gasteiger partial charge >= 0.3 is 0 Å². The zero-order chi connectivity index (χ0) is 8.55. The lowest BCUT2D eigenvalue weighted by molar-refractivity contribution is 0.519. The maximum atomic E-state index is 5.50. The Morgan fingerprint density at radius 2 is 2.42 bits per heavy atom. The van der Waals surface area contributed by atoms with Crippen LogP contribution >= 0.6 is 0 Å². The fourth-order valence-corrected chi connectivity index (χ4v) is 1.05. The molecule has 0 spiro atoms. The van der Waals surface area contributed by atoms with E-state index in [1.165, 1.54) is 6.26 Å². The molecule has 0 radical (unpaired) electrons. The molecule has 4 heteroatoms. The smallest absolute Gasteiger partial charge is 0.222 e. The van der Waals surface area contributed by atoms with Crippen molar-refractivity contribution in [3.05, 3.63) is 30.3 Å². The molecule has 0 aliphatic rings. The molecule has 2 rings (SSSR count). The Hall–Kier alpha value is -1.71. The third-order valence-corrected chi connectivity index (χ3v) is 1.65. The van der Waals surface area contributed by atoms with E-state index in [1.54, 1.807) is 16.9 Å². The van der Waals surface area contributed by atoms with E-state index in [4.69, 9.17) is 10.2 Å². The summed E-state index contributed by atoms with van der Waals surface area (Å²) < 4.78 is 6.86. The number of rotatable bonds is 1. The van der Waals surface area contributed by atoms with Gasteiger partial charge in [-0.2, -0.15) is 5.10 Å². The summed E-state index contributed by atoms with van der Waals surface area (Å²) in [5.41, 5.74) is 7.13. The number of hydrogen-bond donors (Lipinski definition) is 1. The van der Waals surface area contributed by atoms with Crippen LogP contribution in [0.3, 0.4) is 0 Å². The Balaban J connectivity index is 2.50. The minimum atomic E-state index is 0.611. The molecule has 2 aromatic heterocycles. The lowest BCUT2D eigenvalue weighted by Crippen LogP contribution is -1.95. The van der Waals surface area contributed by atoms with Crippen molar-refractivity contribution in [3.8, 4) is 5.88 Å². The second kappa shape index (κ2) is 2.41. The van der Waals surface area contributed by atoms with Crippen LogP contribution < -0.4 is 5.73 Å². The first-order valence-corrected chi connectivity index (χ1v) is 3.62. The quantitative estimate of drug-likeness (QED) is 0.690. The van der Waals surface area contributed by atoms with Crippen molar-refractivity contribution in [2.75, 3.05) is 5.73 Å². The number of nitrogens with zero attached hydrogens (tertiary/aromatic N) is 2. The highest BCUT2D eigenvalue weighted by Crippen LogP contribution is 2.14. The molecule has 0 amide bonds. The molecule has 0 fully saturated rings. The Morgan fingerprint density at radius 1 is 1.58 bits per heavy atom. The first kappa shape index (κ1) is 6.97. The van der Waals surface area contributed by atoms with Crippen molar-refractivity contribution in [2.24, 2.45) is 0 Å². The molecule has 0 atom stereocenters. The number of aryl methyl sites for hydroxylation is 1. The summed E-state index contributed by atoms with van der Waals surface area (Å²) in [5, 5.41) is 4.07. The Labute approximate surface area is 69.6 Å². The van der Waals surface area contributed by atoms with Crippen LogP contribution in [0.2, 0.25) is 0 Å². The molecular formula is C8H9N3O. The standard InChI is InChI=1S/C8H9N3O/c1-6-2-3-10-11(6)8-4-7(9)5-12-8/h2-5H,9H2,1H3. The largest absolute Gasteiger partial charge is 0.444 e. The SMILES string of the molecule is Cc1ccnn1-c1cc(N)co1. The second-order valence-electron chi connectivity index (χ2n) is 2.60. The summed E-state index contributed by atoms with van der Waals surface area (Å²) in [5.74, 6) is 0.648. The summed E-state index contributed by atoms with van der Waals surface area (Å²) in [6.45, 7) is 1.95. The average molecular weight is 163 g/mol. The Bertz CT molecular complexity index is 388. The van der Waals surface area contributed by atoms with Crippen molar-refractivity contribution in [1.82, 2.24) is 9.78 Å². The predicted octanol–water partition coefficient (Wildman–Crippen LogP) is 1.36. The molecule has 4 nitrogen and oxygen atoms in total. The monoisotopic (exact) mass is 163 g/mol. The number of furan rings is 1. The van der Waals surface area contributed by atoms with Gasteiger partial charge in [0.05, 0.1) is 5.69 Å². The van der Waals surface area contributed by atoms with Gasteiger partial charge in [-0.1, -0.05) is 0 Å². The second-order valence-corrected chi connectivity index (χ2v) is 2.60. The van der Waals surface area contributed by atoms with Gasteiger partial charge in [0.1, 0.15) is 6.26 Å². The molecule has 2 aromatic rings. The summed E-state index contributed by atoms with van der Waals surface area (Å²) >= 11 is 0. The molecule has 0 saturated heterocycles. The van der Waals surface area contributed by atoms with Crippen LogP contribution in [0.4, 0.5) is 5.69 Å². The lowest BCUT2D eigenvalue weighted by Gasteiger charge is -1.96. The topological polar surface area (TPSA) is 57.0 Å². The highest BCUT2D eigenvalue weighted by Gasteiger charge is 2.03. The van der Waals surface area contributed by atoms with E-state index in [9.17, 15) is 0 Å². The maximum absolute atomic E-state index is 5.50. The minimum absolute atomic E-state index is 0.611. The molecule has 2 N–H and O–H groups in total. The van der Waals surface area contributed by atoms with Gasteiger partial charge in [0.15, 0.2) is 0 Å². The molecule has 0 unspecified atom stereocenters. The third kappa shape index (κ3) is 0.972. The summed E-state index contributed by atoms with van der Waals surface area (Å²) in [6, 6.07) is 3.64. The first-order valence-electron chi connectivity index (χ1n) is 3.62. The van der Waals surface area contributed by atoms with E-state index in [1.807, 2.05) is 13.0 Å². The molecule has 12 heavy (non-hydrogen) atoms. The van der Waals surface area contributed by atoms with E-state index in [0.717, 1.165) is 5.69 Å². The van der Waals surface area contributed by atoms with E-state index >= 15 is 0 Å².